The molecule has 1 aromatic carbocycles. The third kappa shape index (κ3) is 4.84. The van der Waals surface area contributed by atoms with Crippen LogP contribution in [-0.2, 0) is 14.4 Å². The largest absolute Gasteiger partial charge is 0.478 e. The monoisotopic (exact) mass is 372 g/mol. The number of oxime groups is 2. The number of hydrogen-bond acceptors (Lipinski definition) is 9. The topological polar surface area (TPSA) is 96.7 Å². The maximum absolute atomic E-state index is 5.86. The predicted octanol–water partition coefficient (Wildman–Crippen LogP) is 2.77. The Kier molecular flexibility index (Phi) is 6.40. The van der Waals surface area contributed by atoms with Gasteiger partial charge in [0.05, 0.1) is 12.2 Å². The van der Waals surface area contributed by atoms with Crippen molar-refractivity contribution in [3.8, 4) is 17.6 Å². The summed E-state index contributed by atoms with van der Waals surface area (Å²) in [4.78, 5) is 18.4. The van der Waals surface area contributed by atoms with Gasteiger partial charge < -0.3 is 23.9 Å². The molecule has 142 valence electrons. The van der Waals surface area contributed by atoms with Crippen LogP contribution in [0, 0.1) is 0 Å². The van der Waals surface area contributed by atoms with Gasteiger partial charge in [-0.2, -0.15) is 4.98 Å². The number of nitrogens with zero attached hydrogens (tertiary/aromatic N) is 4. The maximum atomic E-state index is 5.86. The zero-order chi connectivity index (χ0) is 18.9. The van der Waals surface area contributed by atoms with Gasteiger partial charge in [0.25, 0.3) is 5.90 Å². The number of hydrogen-bond donors (Lipinski definition) is 0. The number of rotatable bonds is 8. The minimum absolute atomic E-state index is 0.149. The van der Waals surface area contributed by atoms with Crippen molar-refractivity contribution in [2.24, 2.45) is 10.3 Å². The van der Waals surface area contributed by atoms with Crippen molar-refractivity contribution < 1.29 is 23.9 Å². The lowest BCUT2D eigenvalue weighted by Crippen LogP contribution is -2.25. The fourth-order valence-corrected chi connectivity index (χ4v) is 2.22. The minimum Gasteiger partial charge on any atom is -0.478 e. The highest BCUT2D eigenvalue weighted by Gasteiger charge is 2.22. The highest BCUT2D eigenvalue weighted by atomic mass is 16.7. The molecule has 9 nitrogen and oxygen atoms in total. The summed E-state index contributed by atoms with van der Waals surface area (Å²) in [6, 6.07) is 9.03. The van der Waals surface area contributed by atoms with Crippen LogP contribution in [0.25, 0.3) is 0 Å². The molecule has 0 bridgehead atoms. The van der Waals surface area contributed by atoms with Crippen molar-refractivity contribution in [3.05, 3.63) is 42.1 Å². The van der Waals surface area contributed by atoms with Gasteiger partial charge in [-0.25, -0.2) is 4.98 Å². The molecule has 3 rings (SSSR count). The minimum atomic E-state index is 0.149. The second kappa shape index (κ2) is 9.37. The van der Waals surface area contributed by atoms with E-state index in [0.717, 1.165) is 6.42 Å². The smallest absolute Gasteiger partial charge is 0.325 e. The van der Waals surface area contributed by atoms with Gasteiger partial charge in [-0.05, 0) is 23.7 Å². The first kappa shape index (κ1) is 18.4. The molecule has 9 heteroatoms. The van der Waals surface area contributed by atoms with E-state index in [1.54, 1.807) is 24.4 Å². The van der Waals surface area contributed by atoms with Crippen molar-refractivity contribution in [3.63, 3.8) is 0 Å². The van der Waals surface area contributed by atoms with E-state index in [0.29, 0.717) is 42.7 Å². The highest BCUT2D eigenvalue weighted by Crippen LogP contribution is 2.25. The van der Waals surface area contributed by atoms with Gasteiger partial charge >= 0.3 is 6.01 Å². The van der Waals surface area contributed by atoms with Crippen molar-refractivity contribution >= 4 is 11.6 Å². The standard InChI is InChI=1S/C18H20N4O5/c1-3-10-24-15-8-9-19-18(20-15)27-14-7-5-4-6-13(14)16(21-23-2)17-22-26-12-11-25-17/h4-9H,3,10-12H2,1-2H3. The molecule has 0 amide bonds. The fraction of sp³-hybridized carbons (Fsp3) is 0.333. The Bertz CT molecular complexity index is 825. The summed E-state index contributed by atoms with van der Waals surface area (Å²) in [5, 5.41) is 7.91. The summed E-state index contributed by atoms with van der Waals surface area (Å²) in [5.74, 6) is 1.11. The van der Waals surface area contributed by atoms with Crippen LogP contribution >= 0.6 is 0 Å². The van der Waals surface area contributed by atoms with E-state index in [4.69, 9.17) is 23.9 Å². The zero-order valence-electron chi connectivity index (χ0n) is 15.1. The Labute approximate surface area is 156 Å². The fourth-order valence-electron chi connectivity index (χ4n) is 2.22. The lowest BCUT2D eigenvalue weighted by atomic mass is 10.1. The van der Waals surface area contributed by atoms with Gasteiger partial charge in [0.15, 0.2) is 12.3 Å². The molecule has 27 heavy (non-hydrogen) atoms. The average Bonchev–Trinajstić information content (AvgIpc) is 2.72. The first-order chi connectivity index (χ1) is 13.3. The van der Waals surface area contributed by atoms with Crippen LogP contribution in [0.5, 0.6) is 17.6 Å². The first-order valence-electron chi connectivity index (χ1n) is 8.49. The Morgan fingerprint density at radius 3 is 2.89 bits per heavy atom. The van der Waals surface area contributed by atoms with E-state index in [9.17, 15) is 0 Å². The summed E-state index contributed by atoms with van der Waals surface area (Å²) in [6.07, 6.45) is 2.45. The molecule has 1 aliphatic rings. The Balaban J connectivity index is 1.89. The molecular weight excluding hydrogens is 352 g/mol. The van der Waals surface area contributed by atoms with Crippen molar-refractivity contribution in [1.29, 1.82) is 0 Å². The van der Waals surface area contributed by atoms with Gasteiger partial charge in [0, 0.05) is 12.3 Å². The van der Waals surface area contributed by atoms with Crippen LogP contribution in [0.1, 0.15) is 18.9 Å². The lowest BCUT2D eigenvalue weighted by Gasteiger charge is -2.16. The van der Waals surface area contributed by atoms with E-state index in [1.807, 2.05) is 19.1 Å². The second-order valence-corrected chi connectivity index (χ2v) is 5.32. The Morgan fingerprint density at radius 2 is 2.11 bits per heavy atom. The Hall–Kier alpha value is -3.36. The summed E-state index contributed by atoms with van der Waals surface area (Å²) < 4.78 is 16.9. The third-order valence-corrected chi connectivity index (χ3v) is 3.35. The summed E-state index contributed by atoms with van der Waals surface area (Å²) in [7, 11) is 1.44. The van der Waals surface area contributed by atoms with Crippen LogP contribution in [0.15, 0.2) is 46.8 Å². The zero-order valence-corrected chi connectivity index (χ0v) is 15.1. The van der Waals surface area contributed by atoms with Gasteiger partial charge in [-0.1, -0.05) is 24.2 Å². The average molecular weight is 372 g/mol. The van der Waals surface area contributed by atoms with Gasteiger partial charge in [0.1, 0.15) is 19.5 Å². The number of aromatic nitrogens is 2. The van der Waals surface area contributed by atoms with Gasteiger partial charge in [0.2, 0.25) is 5.88 Å². The summed E-state index contributed by atoms with van der Waals surface area (Å²) >= 11 is 0. The van der Waals surface area contributed by atoms with Crippen LogP contribution < -0.4 is 9.47 Å². The number of para-hydroxylation sites is 1. The quantitative estimate of drug-likeness (QED) is 0.519. The van der Waals surface area contributed by atoms with Crippen LogP contribution in [-0.4, -0.2) is 48.5 Å². The third-order valence-electron chi connectivity index (χ3n) is 3.35. The van der Waals surface area contributed by atoms with E-state index in [2.05, 4.69) is 20.3 Å². The molecule has 0 N–H and O–H groups in total. The molecule has 1 aliphatic heterocycles. The van der Waals surface area contributed by atoms with E-state index >= 15 is 0 Å². The van der Waals surface area contributed by atoms with Crippen molar-refractivity contribution in [2.45, 2.75) is 13.3 Å². The molecule has 0 fully saturated rings. The summed E-state index contributed by atoms with van der Waals surface area (Å²) in [6.45, 7) is 3.32. The normalized spacial score (nSPS) is 13.9. The molecule has 0 radical (unpaired) electrons. The molecule has 0 unspecified atom stereocenters. The first-order valence-corrected chi connectivity index (χ1v) is 8.49. The van der Waals surface area contributed by atoms with E-state index in [-0.39, 0.29) is 11.9 Å². The summed E-state index contributed by atoms with van der Waals surface area (Å²) in [5.41, 5.74) is 0.929. The van der Waals surface area contributed by atoms with Gasteiger partial charge in [-0.15, -0.1) is 0 Å². The molecule has 0 saturated carbocycles. The van der Waals surface area contributed by atoms with E-state index in [1.165, 1.54) is 7.11 Å². The Morgan fingerprint density at radius 1 is 1.22 bits per heavy atom. The SMILES string of the molecule is CCCOc1ccnc(Oc2ccccc2C(=NOC)C2=NOCCO2)n1. The molecule has 2 aromatic rings. The van der Waals surface area contributed by atoms with Crippen LogP contribution in [0.4, 0.5) is 0 Å². The maximum Gasteiger partial charge on any atom is 0.325 e. The van der Waals surface area contributed by atoms with E-state index < -0.39 is 0 Å². The van der Waals surface area contributed by atoms with Crippen molar-refractivity contribution in [2.75, 3.05) is 26.9 Å². The predicted molar refractivity (Wildman–Crippen MR) is 97.2 cm³/mol. The second-order valence-electron chi connectivity index (χ2n) is 5.32. The molecule has 0 atom stereocenters. The molecule has 2 heterocycles. The molecule has 0 spiro atoms. The van der Waals surface area contributed by atoms with Crippen LogP contribution in [0.3, 0.4) is 0 Å². The van der Waals surface area contributed by atoms with Crippen LogP contribution in [0.2, 0.25) is 0 Å². The molecular formula is C18H20N4O5. The molecule has 0 aliphatic carbocycles. The number of benzene rings is 1. The molecule has 1 aromatic heterocycles. The number of ether oxygens (including phenoxy) is 3. The highest BCUT2D eigenvalue weighted by molar-refractivity contribution is 6.45. The molecule has 0 saturated heterocycles. The van der Waals surface area contributed by atoms with Gasteiger partial charge in [-0.3, -0.25) is 0 Å². The van der Waals surface area contributed by atoms with Crippen molar-refractivity contribution in [1.82, 2.24) is 9.97 Å². The lowest BCUT2D eigenvalue weighted by molar-refractivity contribution is 0.0672.